The van der Waals surface area contributed by atoms with Crippen LogP contribution in [0.1, 0.15) is 37.5 Å². The van der Waals surface area contributed by atoms with E-state index in [0.29, 0.717) is 18.3 Å². The highest BCUT2D eigenvalue weighted by atomic mass is 16.4. The molecule has 0 spiro atoms. The average molecular weight is 278 g/mol. The van der Waals surface area contributed by atoms with Crippen molar-refractivity contribution in [2.45, 2.75) is 39.2 Å². The van der Waals surface area contributed by atoms with Crippen LogP contribution in [0.15, 0.2) is 4.42 Å². The van der Waals surface area contributed by atoms with E-state index in [9.17, 15) is 4.79 Å². The molecule has 2 aliphatic rings. The highest BCUT2D eigenvalue weighted by Crippen LogP contribution is 2.28. The van der Waals surface area contributed by atoms with E-state index >= 15 is 0 Å². The molecule has 6 nitrogen and oxygen atoms in total. The Bertz CT molecular complexity index is 469. The fraction of sp³-hybridized carbons (Fsp3) is 0.786. The molecule has 1 saturated heterocycles. The Kier molecular flexibility index (Phi) is 4.00. The number of likely N-dealkylation sites (tertiary alicyclic amines) is 1. The monoisotopic (exact) mass is 278 g/mol. The van der Waals surface area contributed by atoms with Crippen LogP contribution in [-0.2, 0) is 11.3 Å². The summed E-state index contributed by atoms with van der Waals surface area (Å²) in [4.78, 5) is 14.4. The fourth-order valence-electron chi connectivity index (χ4n) is 2.72. The number of aromatic nitrogens is 2. The van der Waals surface area contributed by atoms with Crippen LogP contribution in [0.4, 0.5) is 0 Å². The summed E-state index contributed by atoms with van der Waals surface area (Å²) in [6.45, 7) is 5.08. The maximum absolute atomic E-state index is 12.1. The van der Waals surface area contributed by atoms with E-state index in [1.165, 1.54) is 12.8 Å². The lowest BCUT2D eigenvalue weighted by atomic mass is 9.97. The third kappa shape index (κ3) is 3.56. The SMILES string of the molecule is Cc1nnc(CN2CCCC(C(=O)NCC3CC3)C2)o1. The molecular weight excluding hydrogens is 256 g/mol. The number of aryl methyl sites for hydroxylation is 1. The molecule has 1 aromatic rings. The summed E-state index contributed by atoms with van der Waals surface area (Å²) in [5.74, 6) is 2.28. The van der Waals surface area contributed by atoms with Crippen LogP contribution < -0.4 is 5.32 Å². The van der Waals surface area contributed by atoms with Crippen molar-refractivity contribution in [3.8, 4) is 0 Å². The van der Waals surface area contributed by atoms with Crippen molar-refractivity contribution in [2.75, 3.05) is 19.6 Å². The van der Waals surface area contributed by atoms with Gasteiger partial charge in [-0.05, 0) is 38.1 Å². The number of hydrogen-bond donors (Lipinski definition) is 1. The third-order valence-electron chi connectivity index (χ3n) is 4.06. The molecule has 1 atom stereocenters. The highest BCUT2D eigenvalue weighted by molar-refractivity contribution is 5.79. The number of piperidine rings is 1. The molecule has 0 bridgehead atoms. The van der Waals surface area contributed by atoms with Gasteiger partial charge in [0.1, 0.15) is 0 Å². The van der Waals surface area contributed by atoms with Crippen LogP contribution in [0.25, 0.3) is 0 Å². The van der Waals surface area contributed by atoms with Crippen molar-refractivity contribution < 1.29 is 9.21 Å². The number of nitrogens with one attached hydrogen (secondary N) is 1. The number of carbonyl (C=O) groups excluding carboxylic acids is 1. The minimum Gasteiger partial charge on any atom is -0.424 e. The van der Waals surface area contributed by atoms with Crippen molar-refractivity contribution >= 4 is 5.91 Å². The quantitative estimate of drug-likeness (QED) is 0.874. The van der Waals surface area contributed by atoms with Gasteiger partial charge in [0.2, 0.25) is 17.7 Å². The molecule has 2 fully saturated rings. The topological polar surface area (TPSA) is 71.3 Å². The van der Waals surface area contributed by atoms with Gasteiger partial charge in [0.05, 0.1) is 12.5 Å². The van der Waals surface area contributed by atoms with Gasteiger partial charge in [0.25, 0.3) is 0 Å². The van der Waals surface area contributed by atoms with Crippen LogP contribution in [0.5, 0.6) is 0 Å². The first kappa shape index (κ1) is 13.5. The zero-order valence-electron chi connectivity index (χ0n) is 12.0. The predicted molar refractivity (Wildman–Crippen MR) is 72.8 cm³/mol. The Balaban J connectivity index is 1.48. The first-order valence-electron chi connectivity index (χ1n) is 7.50. The first-order valence-corrected chi connectivity index (χ1v) is 7.50. The summed E-state index contributed by atoms with van der Waals surface area (Å²) < 4.78 is 5.40. The minimum atomic E-state index is 0.103. The van der Waals surface area contributed by atoms with Crippen molar-refractivity contribution in [1.29, 1.82) is 0 Å². The molecule has 1 aromatic heterocycles. The molecule has 3 rings (SSSR count). The molecule has 6 heteroatoms. The lowest BCUT2D eigenvalue weighted by Crippen LogP contribution is -2.43. The zero-order chi connectivity index (χ0) is 13.9. The van der Waals surface area contributed by atoms with Gasteiger partial charge in [-0.1, -0.05) is 0 Å². The Morgan fingerprint density at radius 3 is 2.95 bits per heavy atom. The average Bonchev–Trinajstić information content (AvgIpc) is 3.19. The normalized spacial score (nSPS) is 23.8. The van der Waals surface area contributed by atoms with Crippen molar-refractivity contribution in [1.82, 2.24) is 20.4 Å². The van der Waals surface area contributed by atoms with Crippen LogP contribution in [0.2, 0.25) is 0 Å². The summed E-state index contributed by atoms with van der Waals surface area (Å²) in [5.41, 5.74) is 0. The fourth-order valence-corrected chi connectivity index (χ4v) is 2.72. The van der Waals surface area contributed by atoms with E-state index in [1.807, 2.05) is 0 Å². The number of amides is 1. The third-order valence-corrected chi connectivity index (χ3v) is 4.06. The van der Waals surface area contributed by atoms with E-state index < -0.39 is 0 Å². The lowest BCUT2D eigenvalue weighted by molar-refractivity contribution is -0.126. The summed E-state index contributed by atoms with van der Waals surface area (Å²) >= 11 is 0. The first-order chi connectivity index (χ1) is 9.70. The van der Waals surface area contributed by atoms with E-state index in [4.69, 9.17) is 4.42 Å². The molecular formula is C14H22N4O2. The Hall–Kier alpha value is -1.43. The van der Waals surface area contributed by atoms with Crippen molar-refractivity contribution in [3.63, 3.8) is 0 Å². The Morgan fingerprint density at radius 1 is 1.40 bits per heavy atom. The van der Waals surface area contributed by atoms with Crippen LogP contribution in [-0.4, -0.2) is 40.6 Å². The van der Waals surface area contributed by atoms with Gasteiger partial charge in [0.15, 0.2) is 0 Å². The smallest absolute Gasteiger partial charge is 0.230 e. The van der Waals surface area contributed by atoms with Gasteiger partial charge in [0, 0.05) is 20.0 Å². The van der Waals surface area contributed by atoms with Crippen LogP contribution in [0, 0.1) is 18.8 Å². The molecule has 1 unspecified atom stereocenters. The molecule has 0 radical (unpaired) electrons. The zero-order valence-corrected chi connectivity index (χ0v) is 12.0. The second-order valence-corrected chi connectivity index (χ2v) is 5.98. The van der Waals surface area contributed by atoms with Gasteiger partial charge >= 0.3 is 0 Å². The standard InChI is InChI=1S/C14H22N4O2/c1-10-16-17-13(20-10)9-18-6-2-3-12(8-18)14(19)15-7-11-4-5-11/h11-12H,2-9H2,1H3,(H,15,19). The van der Waals surface area contributed by atoms with Gasteiger partial charge < -0.3 is 9.73 Å². The Labute approximate surface area is 118 Å². The van der Waals surface area contributed by atoms with Crippen molar-refractivity contribution in [2.24, 2.45) is 11.8 Å². The molecule has 1 saturated carbocycles. The molecule has 110 valence electrons. The molecule has 20 heavy (non-hydrogen) atoms. The Morgan fingerprint density at radius 2 is 2.25 bits per heavy atom. The number of rotatable bonds is 5. The largest absolute Gasteiger partial charge is 0.424 e. The molecule has 0 aromatic carbocycles. The molecule has 1 amide bonds. The van der Waals surface area contributed by atoms with Gasteiger partial charge in [-0.3, -0.25) is 9.69 Å². The van der Waals surface area contributed by atoms with Gasteiger partial charge in [-0.2, -0.15) is 0 Å². The van der Waals surface area contributed by atoms with Crippen molar-refractivity contribution in [3.05, 3.63) is 11.8 Å². The van der Waals surface area contributed by atoms with E-state index in [1.54, 1.807) is 6.92 Å². The predicted octanol–water partition coefficient (Wildman–Crippen LogP) is 1.12. The molecule has 1 aliphatic carbocycles. The van der Waals surface area contributed by atoms with E-state index in [0.717, 1.165) is 38.4 Å². The maximum Gasteiger partial charge on any atom is 0.230 e. The summed E-state index contributed by atoms with van der Waals surface area (Å²) in [6, 6.07) is 0. The summed E-state index contributed by atoms with van der Waals surface area (Å²) in [6.07, 6.45) is 4.58. The molecule has 1 N–H and O–H groups in total. The highest BCUT2D eigenvalue weighted by Gasteiger charge is 2.28. The number of carbonyl (C=O) groups is 1. The van der Waals surface area contributed by atoms with E-state index in [-0.39, 0.29) is 11.8 Å². The lowest BCUT2D eigenvalue weighted by Gasteiger charge is -2.30. The second-order valence-electron chi connectivity index (χ2n) is 5.98. The summed E-state index contributed by atoms with van der Waals surface area (Å²) in [5, 5.41) is 10.9. The van der Waals surface area contributed by atoms with Gasteiger partial charge in [-0.25, -0.2) is 0 Å². The van der Waals surface area contributed by atoms with Crippen LogP contribution in [0.3, 0.4) is 0 Å². The minimum absolute atomic E-state index is 0.103. The molecule has 2 heterocycles. The molecule has 1 aliphatic heterocycles. The summed E-state index contributed by atoms with van der Waals surface area (Å²) in [7, 11) is 0. The maximum atomic E-state index is 12.1. The van der Waals surface area contributed by atoms with Gasteiger partial charge in [-0.15, -0.1) is 10.2 Å². The second kappa shape index (κ2) is 5.91. The number of hydrogen-bond acceptors (Lipinski definition) is 5. The number of nitrogens with zero attached hydrogens (tertiary/aromatic N) is 3. The van der Waals surface area contributed by atoms with E-state index in [2.05, 4.69) is 20.4 Å². The van der Waals surface area contributed by atoms with Crippen LogP contribution >= 0.6 is 0 Å².